The number of aliphatic imine (C=N–C) groups is 3. The van der Waals surface area contributed by atoms with Gasteiger partial charge in [0.05, 0.1) is 24.3 Å². The van der Waals surface area contributed by atoms with Crippen LogP contribution in [0.2, 0.25) is 0 Å². The van der Waals surface area contributed by atoms with Crippen molar-refractivity contribution >= 4 is 23.5 Å². The molecule has 0 radical (unpaired) electrons. The molecule has 0 bridgehead atoms. The third kappa shape index (κ3) is 3.58. The summed E-state index contributed by atoms with van der Waals surface area (Å²) in [5, 5.41) is 0. The van der Waals surface area contributed by atoms with Crippen molar-refractivity contribution in [2.45, 2.75) is 44.0 Å². The molecular formula is C21H27N5O2. The van der Waals surface area contributed by atoms with Gasteiger partial charge in [0.15, 0.2) is 12.0 Å². The van der Waals surface area contributed by atoms with Gasteiger partial charge < -0.3 is 15.4 Å². The number of amidine groups is 1. The molecule has 28 heavy (non-hydrogen) atoms. The van der Waals surface area contributed by atoms with Gasteiger partial charge in [-0.3, -0.25) is 19.8 Å². The average Bonchev–Trinajstić information content (AvgIpc) is 3.17. The summed E-state index contributed by atoms with van der Waals surface area (Å²) in [7, 11) is 1.59. The average molecular weight is 381 g/mol. The number of carbonyl (C=O) groups excluding carboxylic acids is 1. The van der Waals surface area contributed by atoms with Crippen LogP contribution in [0, 0.1) is 5.92 Å². The molecule has 1 unspecified atom stereocenters. The van der Waals surface area contributed by atoms with E-state index in [-0.39, 0.29) is 29.5 Å². The second-order valence-electron chi connectivity index (χ2n) is 7.98. The largest absolute Gasteiger partial charge is 0.386 e. The van der Waals surface area contributed by atoms with Crippen LogP contribution in [0.1, 0.15) is 26.2 Å². The molecule has 3 aliphatic heterocycles. The monoisotopic (exact) mass is 381 g/mol. The quantitative estimate of drug-likeness (QED) is 0.784. The highest BCUT2D eigenvalue weighted by molar-refractivity contribution is 6.61. The standard InChI is InChI=1S/C21H27N5O2/c1-21(13-26-8-4-7-17(26)20(22)25-21)15-6-3-5-14(9-15)10-18(27)16-11-24-19(28-2)12-23-16/h3-5,8-9,11,15,17,19H,6-7,10,12-13H2,1-2H3,(H2,22,25)/t15-,17-,19?,21-/m1/s1. The van der Waals surface area contributed by atoms with Gasteiger partial charge in [0.25, 0.3) is 0 Å². The van der Waals surface area contributed by atoms with E-state index in [4.69, 9.17) is 15.5 Å². The van der Waals surface area contributed by atoms with E-state index >= 15 is 0 Å². The normalized spacial score (nSPS) is 34.0. The molecule has 4 aliphatic rings. The first-order valence-corrected chi connectivity index (χ1v) is 9.77. The fourth-order valence-corrected chi connectivity index (χ4v) is 4.28. The van der Waals surface area contributed by atoms with Crippen molar-refractivity contribution in [3.05, 3.63) is 36.1 Å². The Labute approximate surface area is 165 Å². The second kappa shape index (κ2) is 7.47. The number of Topliss-reactive ketones (excluding diaryl/α,β-unsaturated/α-hetero) is 1. The zero-order valence-corrected chi connectivity index (χ0v) is 16.4. The van der Waals surface area contributed by atoms with E-state index in [0.717, 1.165) is 25.0 Å². The van der Waals surface area contributed by atoms with Crippen molar-refractivity contribution in [2.24, 2.45) is 26.6 Å². The van der Waals surface area contributed by atoms with Crippen LogP contribution in [-0.4, -0.2) is 66.5 Å². The molecule has 2 N–H and O–H groups in total. The SMILES string of the molecule is COC1CN=C(C(=O)CC2=C[C@H]([C@@]3(C)CN4C=CC[C@@H]4C(N)=N3)CC=C2)C=N1. The molecule has 0 amide bonds. The summed E-state index contributed by atoms with van der Waals surface area (Å²) in [5.41, 5.74) is 7.39. The molecule has 3 heterocycles. The number of hydrogen-bond donors (Lipinski definition) is 1. The van der Waals surface area contributed by atoms with Crippen LogP contribution in [0.15, 0.2) is 51.1 Å². The van der Waals surface area contributed by atoms with Crippen LogP contribution in [0.3, 0.4) is 0 Å². The second-order valence-corrected chi connectivity index (χ2v) is 7.98. The minimum atomic E-state index is -0.302. The highest BCUT2D eigenvalue weighted by atomic mass is 16.5. The summed E-state index contributed by atoms with van der Waals surface area (Å²) >= 11 is 0. The number of carbonyl (C=O) groups is 1. The van der Waals surface area contributed by atoms with Gasteiger partial charge in [0, 0.05) is 26.0 Å². The predicted molar refractivity (Wildman–Crippen MR) is 111 cm³/mol. The van der Waals surface area contributed by atoms with Crippen LogP contribution in [0.25, 0.3) is 0 Å². The van der Waals surface area contributed by atoms with Gasteiger partial charge in [0.1, 0.15) is 11.5 Å². The number of allylic oxidation sites excluding steroid dienone is 3. The highest BCUT2D eigenvalue weighted by Gasteiger charge is 2.41. The van der Waals surface area contributed by atoms with Gasteiger partial charge in [-0.05, 0) is 31.5 Å². The zero-order chi connectivity index (χ0) is 19.7. The number of nitrogens with two attached hydrogens (primary N) is 1. The Kier molecular flexibility index (Phi) is 5.02. The maximum absolute atomic E-state index is 12.6. The van der Waals surface area contributed by atoms with Gasteiger partial charge in [-0.25, -0.2) is 0 Å². The number of nitrogens with zero attached hydrogens (tertiary/aromatic N) is 4. The number of ether oxygens (including phenoxy) is 1. The molecule has 7 nitrogen and oxygen atoms in total. The molecule has 4 atom stereocenters. The summed E-state index contributed by atoms with van der Waals surface area (Å²) in [6, 6.07) is 0.205. The number of ketones is 1. The minimum Gasteiger partial charge on any atom is -0.386 e. The lowest BCUT2D eigenvalue weighted by atomic mass is 9.78. The van der Waals surface area contributed by atoms with Crippen molar-refractivity contribution in [1.82, 2.24) is 4.90 Å². The van der Waals surface area contributed by atoms with E-state index in [1.165, 1.54) is 6.21 Å². The van der Waals surface area contributed by atoms with Crippen molar-refractivity contribution in [3.63, 3.8) is 0 Å². The molecule has 7 heteroatoms. The Morgan fingerprint density at radius 3 is 3.00 bits per heavy atom. The zero-order valence-electron chi connectivity index (χ0n) is 16.4. The third-order valence-electron chi connectivity index (χ3n) is 5.92. The Balaban J connectivity index is 1.47. The smallest absolute Gasteiger partial charge is 0.186 e. The lowest BCUT2D eigenvalue weighted by Crippen LogP contribution is -2.54. The summed E-state index contributed by atoms with van der Waals surface area (Å²) in [5.74, 6) is 0.891. The molecule has 0 aromatic heterocycles. The van der Waals surface area contributed by atoms with Crippen LogP contribution in [0.5, 0.6) is 0 Å². The van der Waals surface area contributed by atoms with E-state index in [9.17, 15) is 4.79 Å². The van der Waals surface area contributed by atoms with Crippen molar-refractivity contribution in [3.8, 4) is 0 Å². The number of fused-ring (bicyclic) bond motifs is 1. The van der Waals surface area contributed by atoms with Gasteiger partial charge in [-0.1, -0.05) is 24.3 Å². The summed E-state index contributed by atoms with van der Waals surface area (Å²) in [4.78, 5) is 28.3. The molecule has 4 rings (SSSR count). The fraction of sp³-hybridized carbons (Fsp3) is 0.524. The molecule has 0 aromatic rings. The summed E-state index contributed by atoms with van der Waals surface area (Å²) < 4.78 is 5.13. The topological polar surface area (TPSA) is 92.6 Å². The van der Waals surface area contributed by atoms with Crippen LogP contribution < -0.4 is 5.73 Å². The first-order chi connectivity index (χ1) is 13.5. The van der Waals surface area contributed by atoms with E-state index in [1.807, 2.05) is 6.08 Å². The molecule has 0 saturated heterocycles. The van der Waals surface area contributed by atoms with E-state index in [0.29, 0.717) is 24.5 Å². The molecule has 148 valence electrons. The summed E-state index contributed by atoms with van der Waals surface area (Å²) in [6.07, 6.45) is 14.0. The Hall–Kier alpha value is -2.54. The van der Waals surface area contributed by atoms with E-state index in [2.05, 4.69) is 46.2 Å². The van der Waals surface area contributed by atoms with Gasteiger partial charge >= 0.3 is 0 Å². The van der Waals surface area contributed by atoms with Crippen LogP contribution >= 0.6 is 0 Å². The summed E-state index contributed by atoms with van der Waals surface area (Å²) in [6.45, 7) is 3.38. The predicted octanol–water partition coefficient (Wildman–Crippen LogP) is 1.66. The van der Waals surface area contributed by atoms with Crippen molar-refractivity contribution in [2.75, 3.05) is 20.2 Å². The number of methoxy groups -OCH3 is 1. The first-order valence-electron chi connectivity index (χ1n) is 9.77. The Morgan fingerprint density at radius 2 is 2.25 bits per heavy atom. The Morgan fingerprint density at radius 1 is 1.39 bits per heavy atom. The van der Waals surface area contributed by atoms with Crippen molar-refractivity contribution < 1.29 is 9.53 Å². The van der Waals surface area contributed by atoms with Crippen LogP contribution in [0.4, 0.5) is 0 Å². The van der Waals surface area contributed by atoms with Gasteiger partial charge in [0.2, 0.25) is 0 Å². The number of rotatable bonds is 5. The van der Waals surface area contributed by atoms with Crippen molar-refractivity contribution in [1.29, 1.82) is 0 Å². The van der Waals surface area contributed by atoms with E-state index < -0.39 is 0 Å². The lowest BCUT2D eigenvalue weighted by Gasteiger charge is -2.43. The highest BCUT2D eigenvalue weighted by Crippen LogP contribution is 2.36. The molecule has 0 fully saturated rings. The maximum Gasteiger partial charge on any atom is 0.186 e. The molecule has 0 spiro atoms. The molecule has 0 aromatic carbocycles. The molecular weight excluding hydrogens is 354 g/mol. The van der Waals surface area contributed by atoms with Crippen LogP contribution in [-0.2, 0) is 9.53 Å². The van der Waals surface area contributed by atoms with Gasteiger partial charge in [-0.15, -0.1) is 0 Å². The third-order valence-corrected chi connectivity index (χ3v) is 5.92. The maximum atomic E-state index is 12.6. The molecule has 1 aliphatic carbocycles. The fourth-order valence-electron chi connectivity index (χ4n) is 4.28. The van der Waals surface area contributed by atoms with E-state index in [1.54, 1.807) is 7.11 Å². The minimum absolute atomic E-state index is 0.0193. The molecule has 0 saturated carbocycles. The first kappa shape index (κ1) is 18.8. The lowest BCUT2D eigenvalue weighted by molar-refractivity contribution is -0.112. The Bertz CT molecular complexity index is 838. The number of hydrogen-bond acceptors (Lipinski definition) is 7. The van der Waals surface area contributed by atoms with Gasteiger partial charge in [-0.2, -0.15) is 0 Å².